The normalized spacial score (nSPS) is 11.9. The van der Waals surface area contributed by atoms with Gasteiger partial charge >= 0.3 is 0 Å². The van der Waals surface area contributed by atoms with Gasteiger partial charge in [-0.1, -0.05) is 68.4 Å². The number of aromatic nitrogens is 2. The highest BCUT2D eigenvalue weighted by atomic mass is 35.5. The van der Waals surface area contributed by atoms with Gasteiger partial charge in [0, 0.05) is 34.2 Å². The van der Waals surface area contributed by atoms with E-state index in [1.165, 1.54) is 17.8 Å². The summed E-state index contributed by atoms with van der Waals surface area (Å²) in [5.74, 6) is 1.82. The maximum atomic E-state index is 13.4. The van der Waals surface area contributed by atoms with Crippen LogP contribution in [0.25, 0.3) is 11.4 Å². The van der Waals surface area contributed by atoms with Crippen molar-refractivity contribution in [3.63, 3.8) is 0 Å². The number of nitrogens with one attached hydrogen (secondary N) is 1. The highest BCUT2D eigenvalue weighted by molar-refractivity contribution is 7.09. The first-order valence-electron chi connectivity index (χ1n) is 14.0. The van der Waals surface area contributed by atoms with Crippen molar-refractivity contribution in [3.05, 3.63) is 85.8 Å². The monoisotopic (exact) mass is 613 g/mol. The van der Waals surface area contributed by atoms with Gasteiger partial charge in [0.25, 0.3) is 5.91 Å². The molecule has 0 radical (unpaired) electrons. The first kappa shape index (κ1) is 30.9. The zero-order valence-electron chi connectivity index (χ0n) is 24.0. The molecule has 2 aromatic carbocycles. The number of methoxy groups -OCH3 is 1. The van der Waals surface area contributed by atoms with Crippen molar-refractivity contribution < 1.29 is 14.3 Å². The van der Waals surface area contributed by atoms with Crippen LogP contribution in [0.4, 0.5) is 0 Å². The summed E-state index contributed by atoms with van der Waals surface area (Å²) < 4.78 is 13.4. The van der Waals surface area contributed by atoms with E-state index in [4.69, 9.17) is 37.7 Å². The fraction of sp³-hybridized carbons (Fsp3) is 0.375. The summed E-state index contributed by atoms with van der Waals surface area (Å²) in [6.07, 6.45) is 4.51. The number of thiazole rings is 1. The highest BCUT2D eigenvalue weighted by Crippen LogP contribution is 2.30. The number of halogens is 2. The molecular formula is C32H37Cl2N3O3S. The standard InChI is InChI=1S/C32H37Cl2N3O3S/c1-5-7-8-22(6-2)17-35-32(38)28-16-30(37(21(28)3)18-23-9-11-26(39-4)12-10-23)29-20-41-31(36-29)19-40-27-14-24(33)13-25(34)15-27/h9-16,20,22H,5-8,17-19H2,1-4H3,(H,35,38). The molecule has 1 N–H and O–H groups in total. The molecule has 0 spiro atoms. The molecule has 9 heteroatoms. The van der Waals surface area contributed by atoms with Crippen LogP contribution in [0, 0.1) is 12.8 Å². The summed E-state index contributed by atoms with van der Waals surface area (Å²) in [4.78, 5) is 18.3. The SMILES string of the molecule is CCCCC(CC)CNC(=O)c1cc(-c2csc(COc3cc(Cl)cc(Cl)c3)n2)n(Cc2ccc(OC)cc2)c1C. The fourth-order valence-corrected chi connectivity index (χ4v) is 5.94. The maximum Gasteiger partial charge on any atom is 0.253 e. The summed E-state index contributed by atoms with van der Waals surface area (Å²) in [5.41, 5.74) is 4.34. The van der Waals surface area contributed by atoms with Gasteiger partial charge in [-0.05, 0) is 61.2 Å². The van der Waals surface area contributed by atoms with Crippen molar-refractivity contribution in [1.29, 1.82) is 0 Å². The second-order valence-electron chi connectivity index (χ2n) is 10.1. The molecular weight excluding hydrogens is 577 g/mol. The number of benzene rings is 2. The van der Waals surface area contributed by atoms with Crippen LogP contribution in [0.15, 0.2) is 53.9 Å². The molecule has 0 aliphatic heterocycles. The third-order valence-electron chi connectivity index (χ3n) is 7.22. The lowest BCUT2D eigenvalue weighted by Gasteiger charge is -2.15. The minimum Gasteiger partial charge on any atom is -0.497 e. The quantitative estimate of drug-likeness (QED) is 0.154. The van der Waals surface area contributed by atoms with Gasteiger partial charge in [0.1, 0.15) is 23.1 Å². The predicted octanol–water partition coefficient (Wildman–Crippen LogP) is 8.81. The number of nitrogens with zero attached hydrogens (tertiary/aromatic N) is 2. The second kappa shape index (κ2) is 14.8. The molecule has 1 unspecified atom stereocenters. The van der Waals surface area contributed by atoms with Crippen molar-refractivity contribution in [1.82, 2.24) is 14.9 Å². The van der Waals surface area contributed by atoms with E-state index < -0.39 is 0 Å². The number of hydrogen-bond donors (Lipinski definition) is 1. The molecule has 0 aliphatic carbocycles. The van der Waals surface area contributed by atoms with E-state index in [0.717, 1.165) is 52.7 Å². The Morgan fingerprint density at radius 2 is 1.80 bits per heavy atom. The predicted molar refractivity (Wildman–Crippen MR) is 169 cm³/mol. The van der Waals surface area contributed by atoms with Crippen LogP contribution in [0.2, 0.25) is 10.0 Å². The molecule has 0 aliphatic rings. The number of carbonyl (C=O) groups is 1. The molecule has 6 nitrogen and oxygen atoms in total. The lowest BCUT2D eigenvalue weighted by molar-refractivity contribution is 0.0945. The molecule has 0 fully saturated rings. The van der Waals surface area contributed by atoms with E-state index in [9.17, 15) is 4.79 Å². The average molecular weight is 615 g/mol. The van der Waals surface area contributed by atoms with Gasteiger partial charge in [-0.25, -0.2) is 4.98 Å². The first-order chi connectivity index (χ1) is 19.8. The van der Waals surface area contributed by atoms with Crippen molar-refractivity contribution >= 4 is 40.4 Å². The van der Waals surface area contributed by atoms with Crippen molar-refractivity contribution in [2.75, 3.05) is 13.7 Å². The Labute approximate surface area is 256 Å². The third kappa shape index (κ3) is 8.28. The van der Waals surface area contributed by atoms with Gasteiger partial charge in [0.05, 0.1) is 24.1 Å². The third-order valence-corrected chi connectivity index (χ3v) is 8.48. The highest BCUT2D eigenvalue weighted by Gasteiger charge is 2.21. The molecule has 1 amide bonds. The van der Waals surface area contributed by atoms with Gasteiger partial charge in [-0.2, -0.15) is 0 Å². The van der Waals surface area contributed by atoms with Crippen molar-refractivity contribution in [3.8, 4) is 22.9 Å². The zero-order chi connectivity index (χ0) is 29.4. The zero-order valence-corrected chi connectivity index (χ0v) is 26.3. The summed E-state index contributed by atoms with van der Waals surface area (Å²) in [5, 5.41) is 7.03. The Morgan fingerprint density at radius 1 is 1.07 bits per heavy atom. The minimum absolute atomic E-state index is 0.0520. The van der Waals surface area contributed by atoms with Crippen LogP contribution in [-0.4, -0.2) is 29.1 Å². The number of ether oxygens (including phenoxy) is 2. The Balaban J connectivity index is 1.59. The van der Waals surface area contributed by atoms with E-state index in [1.54, 1.807) is 25.3 Å². The Kier molecular flexibility index (Phi) is 11.1. The topological polar surface area (TPSA) is 65.4 Å². The molecule has 218 valence electrons. The minimum atomic E-state index is -0.0520. The number of rotatable bonds is 14. The van der Waals surface area contributed by atoms with Crippen LogP contribution in [0.3, 0.4) is 0 Å². The summed E-state index contributed by atoms with van der Waals surface area (Å²) in [6, 6.07) is 15.0. The molecule has 4 aromatic rings. The number of hydrogen-bond acceptors (Lipinski definition) is 5. The Bertz CT molecular complexity index is 1430. The average Bonchev–Trinajstić information content (AvgIpc) is 3.56. The lowest BCUT2D eigenvalue weighted by atomic mass is 9.99. The number of carbonyl (C=O) groups excluding carboxylic acids is 1. The summed E-state index contributed by atoms with van der Waals surface area (Å²) >= 11 is 13.7. The maximum absolute atomic E-state index is 13.4. The molecule has 0 bridgehead atoms. The molecule has 4 rings (SSSR count). The smallest absolute Gasteiger partial charge is 0.253 e. The van der Waals surface area contributed by atoms with E-state index in [1.807, 2.05) is 42.6 Å². The largest absolute Gasteiger partial charge is 0.497 e. The lowest BCUT2D eigenvalue weighted by Crippen LogP contribution is -2.29. The van der Waals surface area contributed by atoms with Gasteiger partial charge in [-0.15, -0.1) is 11.3 Å². The fourth-order valence-electron chi connectivity index (χ4n) is 4.73. The van der Waals surface area contributed by atoms with Crippen LogP contribution in [0.1, 0.15) is 66.2 Å². The van der Waals surface area contributed by atoms with Crippen LogP contribution in [-0.2, 0) is 13.2 Å². The number of unbranched alkanes of at least 4 members (excludes halogenated alkanes) is 1. The van der Waals surface area contributed by atoms with Crippen LogP contribution >= 0.6 is 34.5 Å². The summed E-state index contributed by atoms with van der Waals surface area (Å²) in [6.45, 7) is 7.94. The summed E-state index contributed by atoms with van der Waals surface area (Å²) in [7, 11) is 1.66. The molecule has 41 heavy (non-hydrogen) atoms. The first-order valence-corrected chi connectivity index (χ1v) is 15.6. The molecule has 0 saturated heterocycles. The Hall–Kier alpha value is -3.00. The molecule has 2 heterocycles. The molecule has 1 atom stereocenters. The van der Waals surface area contributed by atoms with Crippen molar-refractivity contribution in [2.24, 2.45) is 5.92 Å². The van der Waals surface area contributed by atoms with Crippen molar-refractivity contribution in [2.45, 2.75) is 59.6 Å². The van der Waals surface area contributed by atoms with E-state index >= 15 is 0 Å². The second-order valence-corrected chi connectivity index (χ2v) is 11.9. The molecule has 0 saturated carbocycles. The Morgan fingerprint density at radius 3 is 2.46 bits per heavy atom. The van der Waals surface area contributed by atoms with E-state index in [0.29, 0.717) is 40.4 Å². The van der Waals surface area contributed by atoms with Gasteiger partial charge in [0.2, 0.25) is 0 Å². The van der Waals surface area contributed by atoms with Crippen LogP contribution < -0.4 is 14.8 Å². The van der Waals surface area contributed by atoms with E-state index in [-0.39, 0.29) is 12.5 Å². The van der Waals surface area contributed by atoms with Gasteiger partial charge in [0.15, 0.2) is 0 Å². The number of amides is 1. The molecule has 2 aromatic heterocycles. The van der Waals surface area contributed by atoms with Crippen LogP contribution in [0.5, 0.6) is 11.5 Å². The van der Waals surface area contributed by atoms with Gasteiger partial charge < -0.3 is 19.4 Å². The van der Waals surface area contributed by atoms with Gasteiger partial charge in [-0.3, -0.25) is 4.79 Å². The van der Waals surface area contributed by atoms with E-state index in [2.05, 4.69) is 23.7 Å².